The van der Waals surface area contributed by atoms with Crippen LogP contribution in [0.5, 0.6) is 23.0 Å². The zero-order chi connectivity index (χ0) is 31.9. The summed E-state index contributed by atoms with van der Waals surface area (Å²) in [4.78, 5) is 50.1. The maximum absolute atomic E-state index is 12.6. The van der Waals surface area contributed by atoms with Crippen LogP contribution in [-0.2, 0) is 0 Å². The van der Waals surface area contributed by atoms with E-state index in [0.29, 0.717) is 45.3 Å². The second-order valence-corrected chi connectivity index (χ2v) is 10.4. The molecule has 6 rings (SSSR count). The standard InChI is InChI=1S/C40H26O6/c41-37(29-7-3-1-4-8-29)39(43)31-15-23-35(24-16-31)45-33-19-11-27(12-20-33)28-13-21-34(22-14-28)46-36-25-17-32(18-26-36)40(44)38(42)30-9-5-2-6-10-30/h1-26H. The van der Waals surface area contributed by atoms with Gasteiger partial charge in [0, 0.05) is 22.3 Å². The molecule has 0 aromatic heterocycles. The molecule has 46 heavy (non-hydrogen) atoms. The Morgan fingerprint density at radius 2 is 0.522 bits per heavy atom. The van der Waals surface area contributed by atoms with Gasteiger partial charge in [-0.2, -0.15) is 0 Å². The number of benzene rings is 6. The minimum absolute atomic E-state index is 0.298. The third-order valence-corrected chi connectivity index (χ3v) is 7.23. The molecule has 0 aliphatic heterocycles. The maximum atomic E-state index is 12.6. The molecule has 0 spiro atoms. The highest BCUT2D eigenvalue weighted by atomic mass is 16.5. The first-order valence-electron chi connectivity index (χ1n) is 14.5. The van der Waals surface area contributed by atoms with E-state index in [4.69, 9.17) is 9.47 Å². The lowest BCUT2D eigenvalue weighted by molar-refractivity contribution is 0.0817. The molecular weight excluding hydrogens is 576 g/mol. The Bertz CT molecular complexity index is 1850. The summed E-state index contributed by atoms with van der Waals surface area (Å²) >= 11 is 0. The topological polar surface area (TPSA) is 86.7 Å². The summed E-state index contributed by atoms with van der Waals surface area (Å²) in [5.74, 6) is 0.0806. The monoisotopic (exact) mass is 602 g/mol. The van der Waals surface area contributed by atoms with Crippen molar-refractivity contribution in [3.63, 3.8) is 0 Å². The Morgan fingerprint density at radius 1 is 0.283 bits per heavy atom. The number of carbonyl (C=O) groups excluding carboxylic acids is 4. The van der Waals surface area contributed by atoms with Gasteiger partial charge in [-0.1, -0.05) is 84.9 Å². The van der Waals surface area contributed by atoms with Crippen molar-refractivity contribution < 1.29 is 28.7 Å². The number of rotatable bonds is 11. The van der Waals surface area contributed by atoms with Gasteiger partial charge in [0.25, 0.3) is 0 Å². The van der Waals surface area contributed by atoms with Crippen LogP contribution in [0.15, 0.2) is 158 Å². The summed E-state index contributed by atoms with van der Waals surface area (Å²) in [6.07, 6.45) is 0. The van der Waals surface area contributed by atoms with E-state index >= 15 is 0 Å². The van der Waals surface area contributed by atoms with Gasteiger partial charge < -0.3 is 9.47 Å². The highest BCUT2D eigenvalue weighted by molar-refractivity contribution is 6.49. The minimum Gasteiger partial charge on any atom is -0.457 e. The summed E-state index contributed by atoms with van der Waals surface area (Å²) in [5.41, 5.74) is 3.26. The number of ketones is 4. The van der Waals surface area contributed by atoms with E-state index in [1.54, 1.807) is 109 Å². The van der Waals surface area contributed by atoms with Crippen LogP contribution in [-0.4, -0.2) is 23.1 Å². The van der Waals surface area contributed by atoms with E-state index in [0.717, 1.165) is 11.1 Å². The van der Waals surface area contributed by atoms with Crippen molar-refractivity contribution in [2.75, 3.05) is 0 Å². The van der Waals surface area contributed by atoms with Crippen LogP contribution in [0.25, 0.3) is 11.1 Å². The number of hydrogen-bond acceptors (Lipinski definition) is 6. The predicted molar refractivity (Wildman–Crippen MR) is 175 cm³/mol. The fourth-order valence-electron chi connectivity index (χ4n) is 4.76. The summed E-state index contributed by atoms with van der Waals surface area (Å²) in [5, 5.41) is 0. The molecule has 6 aromatic rings. The highest BCUT2D eigenvalue weighted by Gasteiger charge is 2.19. The number of hydrogen-bond donors (Lipinski definition) is 0. The first-order chi connectivity index (χ1) is 22.4. The molecule has 0 saturated heterocycles. The van der Waals surface area contributed by atoms with E-state index in [1.165, 1.54) is 0 Å². The van der Waals surface area contributed by atoms with Crippen molar-refractivity contribution in [2.24, 2.45) is 0 Å². The number of carbonyl (C=O) groups is 4. The van der Waals surface area contributed by atoms with Crippen molar-refractivity contribution in [3.8, 4) is 34.1 Å². The molecule has 0 fully saturated rings. The molecule has 0 saturated carbocycles. The van der Waals surface area contributed by atoms with Crippen LogP contribution in [0, 0.1) is 0 Å². The molecule has 0 aliphatic carbocycles. The average Bonchev–Trinajstić information content (AvgIpc) is 3.12. The Hall–Kier alpha value is -6.40. The third kappa shape index (κ3) is 6.87. The minimum atomic E-state index is -0.569. The van der Waals surface area contributed by atoms with Crippen LogP contribution in [0.4, 0.5) is 0 Å². The Morgan fingerprint density at radius 3 is 0.804 bits per heavy atom. The van der Waals surface area contributed by atoms with Gasteiger partial charge in [-0.05, 0) is 83.9 Å². The molecule has 6 heteroatoms. The molecule has 6 aromatic carbocycles. The first kappa shape index (κ1) is 29.7. The van der Waals surface area contributed by atoms with Crippen molar-refractivity contribution in [1.29, 1.82) is 0 Å². The molecule has 0 atom stereocenters. The van der Waals surface area contributed by atoms with Gasteiger partial charge in [0.2, 0.25) is 23.1 Å². The van der Waals surface area contributed by atoms with E-state index in [-0.39, 0.29) is 0 Å². The molecule has 0 aliphatic rings. The zero-order valence-corrected chi connectivity index (χ0v) is 24.5. The van der Waals surface area contributed by atoms with Crippen LogP contribution >= 0.6 is 0 Å². The van der Waals surface area contributed by atoms with E-state index in [2.05, 4.69) is 0 Å². The van der Waals surface area contributed by atoms with Gasteiger partial charge in [-0.15, -0.1) is 0 Å². The molecule has 6 nitrogen and oxygen atoms in total. The van der Waals surface area contributed by atoms with Gasteiger partial charge in [0.05, 0.1) is 0 Å². The van der Waals surface area contributed by atoms with Crippen LogP contribution in [0.3, 0.4) is 0 Å². The Labute approximate surface area is 265 Å². The smallest absolute Gasteiger partial charge is 0.233 e. The SMILES string of the molecule is O=C(C(=O)c1ccc(Oc2ccc(-c3ccc(Oc4ccc(C(=O)C(=O)c5ccccc5)cc4)cc3)cc2)cc1)c1ccccc1. The highest BCUT2D eigenvalue weighted by Crippen LogP contribution is 2.29. The summed E-state index contributed by atoms with van der Waals surface area (Å²) in [7, 11) is 0. The molecule has 222 valence electrons. The molecule has 0 radical (unpaired) electrons. The predicted octanol–water partition coefficient (Wildman–Crippen LogP) is 9.07. The number of ether oxygens (including phenoxy) is 2. The molecule has 0 N–H and O–H groups in total. The lowest BCUT2D eigenvalue weighted by Crippen LogP contribution is -2.14. The normalized spacial score (nSPS) is 10.5. The third-order valence-electron chi connectivity index (χ3n) is 7.23. The Balaban J connectivity index is 1.04. The molecule has 0 amide bonds. The molecule has 0 unspecified atom stereocenters. The fourth-order valence-corrected chi connectivity index (χ4v) is 4.76. The van der Waals surface area contributed by atoms with Crippen molar-refractivity contribution in [2.45, 2.75) is 0 Å². The van der Waals surface area contributed by atoms with Crippen molar-refractivity contribution >= 4 is 23.1 Å². The second-order valence-electron chi connectivity index (χ2n) is 10.4. The quantitative estimate of drug-likeness (QED) is 0.109. The average molecular weight is 603 g/mol. The summed E-state index contributed by atoms with van der Waals surface area (Å²) in [6, 6.07) is 45.1. The van der Waals surface area contributed by atoms with Crippen LogP contribution in [0.2, 0.25) is 0 Å². The lowest BCUT2D eigenvalue weighted by atomic mass is 10.0. The second kappa shape index (κ2) is 13.5. The maximum Gasteiger partial charge on any atom is 0.233 e. The van der Waals surface area contributed by atoms with Crippen molar-refractivity contribution in [3.05, 3.63) is 180 Å². The van der Waals surface area contributed by atoms with E-state index in [1.807, 2.05) is 48.5 Å². The lowest BCUT2D eigenvalue weighted by Gasteiger charge is -2.09. The molecule has 0 heterocycles. The van der Waals surface area contributed by atoms with Gasteiger partial charge in [-0.25, -0.2) is 0 Å². The fraction of sp³-hybridized carbons (Fsp3) is 0. The van der Waals surface area contributed by atoms with Gasteiger partial charge in [0.1, 0.15) is 23.0 Å². The zero-order valence-electron chi connectivity index (χ0n) is 24.5. The summed E-state index contributed by atoms with van der Waals surface area (Å²) < 4.78 is 11.9. The largest absolute Gasteiger partial charge is 0.457 e. The van der Waals surface area contributed by atoms with Gasteiger partial charge in [-0.3, -0.25) is 19.2 Å². The number of Topliss-reactive ketones (excluding diaryl/α,β-unsaturated/α-hetero) is 4. The van der Waals surface area contributed by atoms with E-state index in [9.17, 15) is 19.2 Å². The van der Waals surface area contributed by atoms with Crippen LogP contribution in [0.1, 0.15) is 41.4 Å². The van der Waals surface area contributed by atoms with Gasteiger partial charge in [0.15, 0.2) is 0 Å². The first-order valence-corrected chi connectivity index (χ1v) is 14.5. The van der Waals surface area contributed by atoms with Gasteiger partial charge >= 0.3 is 0 Å². The van der Waals surface area contributed by atoms with Crippen LogP contribution < -0.4 is 9.47 Å². The summed E-state index contributed by atoms with van der Waals surface area (Å²) in [6.45, 7) is 0. The van der Waals surface area contributed by atoms with Crippen molar-refractivity contribution in [1.82, 2.24) is 0 Å². The Kier molecular flexibility index (Phi) is 8.70. The molecular formula is C40H26O6. The molecule has 0 bridgehead atoms. The van der Waals surface area contributed by atoms with E-state index < -0.39 is 23.1 Å².